The van der Waals surface area contributed by atoms with Crippen molar-refractivity contribution < 1.29 is 14.6 Å². The molecule has 0 atom stereocenters. The molecule has 1 heterocycles. The van der Waals surface area contributed by atoms with Crippen molar-refractivity contribution in [1.29, 1.82) is 0 Å². The number of nitrogens with one attached hydrogen (secondary N) is 2. The van der Waals surface area contributed by atoms with Crippen LogP contribution < -0.4 is 15.6 Å². The predicted octanol–water partition coefficient (Wildman–Crippen LogP) is 3.44. The number of nitro benzene ring substituents is 1. The molecule has 0 radical (unpaired) electrons. The van der Waals surface area contributed by atoms with E-state index in [1.165, 1.54) is 30.6 Å². The molecule has 1 aromatic carbocycles. The summed E-state index contributed by atoms with van der Waals surface area (Å²) in [5.41, 5.74) is 5.43. The second-order valence-electron chi connectivity index (χ2n) is 6.06. The van der Waals surface area contributed by atoms with E-state index in [1.807, 2.05) is 0 Å². The van der Waals surface area contributed by atoms with Crippen LogP contribution in [-0.2, 0) is 0 Å². The van der Waals surface area contributed by atoms with Gasteiger partial charge >= 0.3 is 5.69 Å². The van der Waals surface area contributed by atoms with Crippen molar-refractivity contribution in [3.8, 4) is 5.88 Å². The predicted molar refractivity (Wildman–Crippen MR) is 96.5 cm³/mol. The molecular weight excluding hydrogens is 356 g/mol. The molecular formula is C16H18N6O5. The van der Waals surface area contributed by atoms with Gasteiger partial charge in [-0.15, -0.1) is 0 Å². The first kappa shape index (κ1) is 18.3. The maximum atomic E-state index is 11.5. The highest BCUT2D eigenvalue weighted by Gasteiger charge is 2.27. The molecule has 1 fully saturated rings. The van der Waals surface area contributed by atoms with Crippen LogP contribution in [0.15, 0.2) is 30.6 Å². The Labute approximate surface area is 154 Å². The van der Waals surface area contributed by atoms with Gasteiger partial charge in [0.25, 0.3) is 11.6 Å². The Morgan fingerprint density at radius 1 is 0.963 bits per heavy atom. The lowest BCUT2D eigenvalue weighted by atomic mass is 9.98. The number of hydrogen-bond acceptors (Lipinski definition) is 9. The average Bonchev–Trinajstić information content (AvgIpc) is 2.67. The number of anilines is 2. The van der Waals surface area contributed by atoms with Crippen molar-refractivity contribution in [1.82, 2.24) is 9.97 Å². The minimum Gasteiger partial charge on any atom is -0.469 e. The summed E-state index contributed by atoms with van der Waals surface area (Å²) in [6, 6.07) is 5.57. The van der Waals surface area contributed by atoms with Crippen molar-refractivity contribution in [2.45, 2.75) is 38.2 Å². The molecule has 2 N–H and O–H groups in total. The fourth-order valence-electron chi connectivity index (χ4n) is 2.84. The molecule has 0 aliphatic heterocycles. The Hall–Kier alpha value is -3.50. The van der Waals surface area contributed by atoms with E-state index in [0.717, 1.165) is 32.1 Å². The number of nitrogens with zero attached hydrogens (tertiary/aromatic N) is 4. The molecule has 0 saturated heterocycles. The molecule has 3 rings (SSSR count). The molecule has 1 saturated carbocycles. The summed E-state index contributed by atoms with van der Waals surface area (Å²) < 4.78 is 5.75. The summed E-state index contributed by atoms with van der Waals surface area (Å²) in [4.78, 5) is 28.9. The summed E-state index contributed by atoms with van der Waals surface area (Å²) in [6.07, 6.45) is 5.95. The van der Waals surface area contributed by atoms with E-state index >= 15 is 0 Å². The third-order valence-electron chi connectivity index (χ3n) is 4.21. The molecule has 1 aliphatic rings. The molecule has 0 unspecified atom stereocenters. The van der Waals surface area contributed by atoms with Crippen LogP contribution in [0.2, 0.25) is 0 Å². The Bertz CT molecular complexity index is 823. The highest BCUT2D eigenvalue weighted by Crippen LogP contribution is 2.33. The van der Waals surface area contributed by atoms with Crippen LogP contribution in [0.3, 0.4) is 0 Å². The van der Waals surface area contributed by atoms with Gasteiger partial charge in [0.2, 0.25) is 5.82 Å². The van der Waals surface area contributed by atoms with Crippen LogP contribution in [-0.4, -0.2) is 25.9 Å². The van der Waals surface area contributed by atoms with Crippen LogP contribution in [0.1, 0.15) is 32.1 Å². The molecule has 0 amide bonds. The standard InChI is InChI=1S/C16H18N6O5/c23-21(24)12-8-6-11(7-9-12)19-20-15-14(22(25)26)16(18-10-17-15)27-13-4-2-1-3-5-13/h6-10,13,19H,1-5H2,(H,17,18,20). The highest BCUT2D eigenvalue weighted by molar-refractivity contribution is 5.64. The highest BCUT2D eigenvalue weighted by atomic mass is 16.6. The number of benzene rings is 1. The Balaban J connectivity index is 1.75. The number of rotatable bonds is 7. The number of nitro groups is 2. The summed E-state index contributed by atoms with van der Waals surface area (Å²) in [5.74, 6) is -0.130. The summed E-state index contributed by atoms with van der Waals surface area (Å²) >= 11 is 0. The van der Waals surface area contributed by atoms with Gasteiger partial charge in [0.05, 0.1) is 15.5 Å². The van der Waals surface area contributed by atoms with Gasteiger partial charge in [-0.25, -0.2) is 4.98 Å². The molecule has 0 spiro atoms. The summed E-state index contributed by atoms with van der Waals surface area (Å²) in [6.45, 7) is 0. The smallest absolute Gasteiger partial charge is 0.374 e. The monoisotopic (exact) mass is 374 g/mol. The maximum Gasteiger partial charge on any atom is 0.374 e. The Morgan fingerprint density at radius 3 is 2.30 bits per heavy atom. The normalized spacial score (nSPS) is 14.4. The van der Waals surface area contributed by atoms with E-state index in [1.54, 1.807) is 0 Å². The third kappa shape index (κ3) is 4.57. The maximum absolute atomic E-state index is 11.5. The molecule has 11 heteroatoms. The SMILES string of the molecule is O=[N+]([O-])c1ccc(NNc2ncnc(OC3CCCCC3)c2[N+](=O)[O-])cc1. The minimum absolute atomic E-state index is 0.0563. The van der Waals surface area contributed by atoms with Crippen LogP contribution in [0, 0.1) is 20.2 Å². The van der Waals surface area contributed by atoms with Crippen molar-refractivity contribution in [2.75, 3.05) is 10.9 Å². The first-order valence-electron chi connectivity index (χ1n) is 8.47. The van der Waals surface area contributed by atoms with Gasteiger partial charge in [-0.3, -0.25) is 31.1 Å². The van der Waals surface area contributed by atoms with E-state index in [2.05, 4.69) is 20.8 Å². The van der Waals surface area contributed by atoms with Gasteiger partial charge < -0.3 is 4.74 Å². The van der Waals surface area contributed by atoms with Gasteiger partial charge in [0.1, 0.15) is 12.4 Å². The lowest BCUT2D eigenvalue weighted by molar-refractivity contribution is -0.385. The molecule has 142 valence electrons. The van der Waals surface area contributed by atoms with Gasteiger partial charge in [0, 0.05) is 12.1 Å². The van der Waals surface area contributed by atoms with Crippen LogP contribution in [0.5, 0.6) is 5.88 Å². The van der Waals surface area contributed by atoms with Crippen LogP contribution >= 0.6 is 0 Å². The van der Waals surface area contributed by atoms with Crippen molar-refractivity contribution in [3.63, 3.8) is 0 Å². The molecule has 27 heavy (non-hydrogen) atoms. The number of non-ortho nitro benzene ring substituents is 1. The van der Waals surface area contributed by atoms with Crippen molar-refractivity contribution >= 4 is 22.9 Å². The molecule has 1 aliphatic carbocycles. The molecule has 1 aromatic heterocycles. The summed E-state index contributed by atoms with van der Waals surface area (Å²) in [7, 11) is 0. The Kier molecular flexibility index (Phi) is 5.59. The lowest BCUT2D eigenvalue weighted by Crippen LogP contribution is -2.21. The third-order valence-corrected chi connectivity index (χ3v) is 4.21. The lowest BCUT2D eigenvalue weighted by Gasteiger charge is -2.22. The second kappa shape index (κ2) is 8.25. The van der Waals surface area contributed by atoms with Gasteiger partial charge in [-0.2, -0.15) is 4.98 Å². The number of hydrogen-bond donors (Lipinski definition) is 2. The van der Waals surface area contributed by atoms with Crippen molar-refractivity contribution in [3.05, 3.63) is 50.8 Å². The second-order valence-corrected chi connectivity index (χ2v) is 6.06. The quantitative estimate of drug-likeness (QED) is 0.549. The number of hydrazine groups is 1. The van der Waals surface area contributed by atoms with E-state index in [-0.39, 0.29) is 29.2 Å². The van der Waals surface area contributed by atoms with Gasteiger partial charge in [-0.1, -0.05) is 6.42 Å². The van der Waals surface area contributed by atoms with Crippen molar-refractivity contribution in [2.24, 2.45) is 0 Å². The number of aromatic nitrogens is 2. The minimum atomic E-state index is -0.599. The summed E-state index contributed by atoms with van der Waals surface area (Å²) in [5, 5.41) is 22.2. The van der Waals surface area contributed by atoms with E-state index in [9.17, 15) is 20.2 Å². The average molecular weight is 374 g/mol. The first-order chi connectivity index (χ1) is 13.0. The van der Waals surface area contributed by atoms with Gasteiger partial charge in [-0.05, 0) is 37.8 Å². The number of ether oxygens (including phenoxy) is 1. The zero-order valence-electron chi connectivity index (χ0n) is 14.3. The largest absolute Gasteiger partial charge is 0.469 e. The molecule has 0 bridgehead atoms. The topological polar surface area (TPSA) is 145 Å². The Morgan fingerprint density at radius 2 is 1.67 bits per heavy atom. The fourth-order valence-corrected chi connectivity index (χ4v) is 2.84. The van der Waals surface area contributed by atoms with E-state index in [0.29, 0.717) is 5.69 Å². The molecule has 11 nitrogen and oxygen atoms in total. The zero-order chi connectivity index (χ0) is 19.2. The van der Waals surface area contributed by atoms with E-state index < -0.39 is 9.85 Å². The van der Waals surface area contributed by atoms with E-state index in [4.69, 9.17) is 4.74 Å². The van der Waals surface area contributed by atoms with Gasteiger partial charge in [0.15, 0.2) is 0 Å². The molecule has 2 aromatic rings. The van der Waals surface area contributed by atoms with Crippen LogP contribution in [0.4, 0.5) is 22.9 Å². The zero-order valence-corrected chi connectivity index (χ0v) is 14.3. The van der Waals surface area contributed by atoms with Crippen LogP contribution in [0.25, 0.3) is 0 Å². The fraction of sp³-hybridized carbons (Fsp3) is 0.375. The first-order valence-corrected chi connectivity index (χ1v) is 8.47.